The molecule has 0 fully saturated rings. The molecule has 2 rings (SSSR count). The molecule has 0 radical (unpaired) electrons. The number of halogens is 1. The highest BCUT2D eigenvalue weighted by molar-refractivity contribution is 5.96. The fourth-order valence-electron chi connectivity index (χ4n) is 2.14. The number of nitrogens with one attached hydrogen (secondary N) is 1. The van der Waals surface area contributed by atoms with E-state index in [9.17, 15) is 14.0 Å². The van der Waals surface area contributed by atoms with Gasteiger partial charge in [0.05, 0.1) is 18.7 Å². The van der Waals surface area contributed by atoms with Crippen LogP contribution in [0.1, 0.15) is 17.3 Å². The first-order chi connectivity index (χ1) is 13.0. The lowest BCUT2D eigenvalue weighted by Crippen LogP contribution is -2.32. The monoisotopic (exact) mass is 376 g/mol. The summed E-state index contributed by atoms with van der Waals surface area (Å²) >= 11 is 0. The van der Waals surface area contributed by atoms with Crippen molar-refractivity contribution in [1.82, 2.24) is 5.32 Å². The topological polar surface area (TPSA) is 99.9 Å². The van der Waals surface area contributed by atoms with Crippen LogP contribution < -0.4 is 20.5 Å². The van der Waals surface area contributed by atoms with Crippen LogP contribution in [0.5, 0.6) is 11.5 Å². The minimum atomic E-state index is -0.798. The van der Waals surface area contributed by atoms with E-state index in [0.29, 0.717) is 12.4 Å². The van der Waals surface area contributed by atoms with Crippen molar-refractivity contribution >= 4 is 17.6 Å². The minimum absolute atomic E-state index is 0.00281. The van der Waals surface area contributed by atoms with Gasteiger partial charge < -0.3 is 25.3 Å². The fourth-order valence-corrected chi connectivity index (χ4v) is 2.14. The van der Waals surface area contributed by atoms with Gasteiger partial charge in [-0.2, -0.15) is 0 Å². The SMILES string of the molecule is CCOc1ccc(OCCNC(=O)COC(=O)c2ccc(F)cc2N)cc1. The van der Waals surface area contributed by atoms with Gasteiger partial charge in [-0.25, -0.2) is 9.18 Å². The number of benzene rings is 2. The summed E-state index contributed by atoms with van der Waals surface area (Å²) in [5.74, 6) is -0.449. The van der Waals surface area contributed by atoms with Crippen LogP contribution in [0.25, 0.3) is 0 Å². The van der Waals surface area contributed by atoms with Gasteiger partial charge in [0.15, 0.2) is 6.61 Å². The minimum Gasteiger partial charge on any atom is -0.494 e. The summed E-state index contributed by atoms with van der Waals surface area (Å²) in [7, 11) is 0. The number of amides is 1. The van der Waals surface area contributed by atoms with Crippen molar-refractivity contribution in [2.24, 2.45) is 0 Å². The molecule has 0 aromatic heterocycles. The van der Waals surface area contributed by atoms with Gasteiger partial charge in [-0.15, -0.1) is 0 Å². The van der Waals surface area contributed by atoms with E-state index in [1.165, 1.54) is 6.07 Å². The predicted molar refractivity (Wildman–Crippen MR) is 97.2 cm³/mol. The number of nitrogen functional groups attached to an aromatic ring is 1. The molecule has 3 N–H and O–H groups in total. The maximum absolute atomic E-state index is 13.0. The van der Waals surface area contributed by atoms with Crippen LogP contribution in [-0.4, -0.2) is 38.2 Å². The van der Waals surface area contributed by atoms with Gasteiger partial charge in [-0.05, 0) is 49.4 Å². The van der Waals surface area contributed by atoms with Crippen molar-refractivity contribution in [3.8, 4) is 11.5 Å². The standard InChI is InChI=1S/C19H21FN2O5/c1-2-25-14-4-6-15(7-5-14)26-10-9-22-18(23)12-27-19(24)16-8-3-13(20)11-17(16)21/h3-8,11H,2,9-10,12,21H2,1H3,(H,22,23). The van der Waals surface area contributed by atoms with Crippen LogP contribution >= 0.6 is 0 Å². The Balaban J connectivity index is 1.66. The van der Waals surface area contributed by atoms with Crippen LogP contribution in [0.4, 0.5) is 10.1 Å². The van der Waals surface area contributed by atoms with Crippen molar-refractivity contribution < 1.29 is 28.2 Å². The van der Waals surface area contributed by atoms with Gasteiger partial charge in [0.1, 0.15) is 23.9 Å². The van der Waals surface area contributed by atoms with Crippen LogP contribution in [-0.2, 0) is 9.53 Å². The number of esters is 1. The van der Waals surface area contributed by atoms with E-state index in [0.717, 1.165) is 17.9 Å². The summed E-state index contributed by atoms with van der Waals surface area (Å²) in [5.41, 5.74) is 5.49. The Hall–Kier alpha value is -3.29. The van der Waals surface area contributed by atoms with Crippen LogP contribution in [0.15, 0.2) is 42.5 Å². The van der Waals surface area contributed by atoms with Crippen LogP contribution in [0.3, 0.4) is 0 Å². The maximum atomic E-state index is 13.0. The second-order valence-corrected chi connectivity index (χ2v) is 5.41. The van der Waals surface area contributed by atoms with E-state index in [2.05, 4.69) is 5.32 Å². The zero-order valence-corrected chi connectivity index (χ0v) is 14.9. The number of carbonyl (C=O) groups excluding carboxylic acids is 2. The number of carbonyl (C=O) groups is 2. The van der Waals surface area contributed by atoms with Crippen LogP contribution in [0, 0.1) is 5.82 Å². The van der Waals surface area contributed by atoms with Gasteiger partial charge in [0.25, 0.3) is 5.91 Å². The van der Waals surface area contributed by atoms with E-state index in [4.69, 9.17) is 19.9 Å². The molecule has 0 saturated carbocycles. The average molecular weight is 376 g/mol. The molecule has 27 heavy (non-hydrogen) atoms. The highest BCUT2D eigenvalue weighted by Gasteiger charge is 2.13. The van der Waals surface area contributed by atoms with Crippen molar-refractivity contribution in [3.05, 3.63) is 53.8 Å². The molecule has 0 atom stereocenters. The third-order valence-electron chi connectivity index (χ3n) is 3.40. The molecule has 0 aliphatic carbocycles. The van der Waals surface area contributed by atoms with Gasteiger partial charge in [-0.3, -0.25) is 4.79 Å². The smallest absolute Gasteiger partial charge is 0.340 e. The molecule has 8 heteroatoms. The molecular weight excluding hydrogens is 355 g/mol. The van der Waals surface area contributed by atoms with Crippen molar-refractivity contribution in [1.29, 1.82) is 0 Å². The molecule has 144 valence electrons. The molecule has 7 nitrogen and oxygen atoms in total. The molecule has 2 aromatic rings. The molecule has 0 saturated heterocycles. The number of hydrogen-bond acceptors (Lipinski definition) is 6. The Labute approximate surface area is 156 Å². The lowest BCUT2D eigenvalue weighted by Gasteiger charge is -2.09. The van der Waals surface area contributed by atoms with Crippen LogP contribution in [0.2, 0.25) is 0 Å². The van der Waals surface area contributed by atoms with E-state index in [-0.39, 0.29) is 24.4 Å². The molecule has 2 aromatic carbocycles. The molecule has 1 amide bonds. The first kappa shape index (κ1) is 20.0. The third-order valence-corrected chi connectivity index (χ3v) is 3.40. The third kappa shape index (κ3) is 6.50. The molecule has 0 heterocycles. The van der Waals surface area contributed by atoms with E-state index < -0.39 is 24.3 Å². The molecular formula is C19H21FN2O5. The summed E-state index contributed by atoms with van der Waals surface area (Å²) in [6, 6.07) is 10.4. The van der Waals surface area contributed by atoms with Crippen molar-refractivity contribution in [2.45, 2.75) is 6.92 Å². The predicted octanol–water partition coefficient (Wildman–Crippen LogP) is 2.16. The summed E-state index contributed by atoms with van der Waals surface area (Å²) in [5, 5.41) is 2.56. The van der Waals surface area contributed by atoms with Crippen molar-refractivity contribution in [3.63, 3.8) is 0 Å². The Morgan fingerprint density at radius 2 is 1.74 bits per heavy atom. The molecule has 0 aliphatic heterocycles. The van der Waals surface area contributed by atoms with Gasteiger partial charge in [0.2, 0.25) is 0 Å². The number of hydrogen-bond donors (Lipinski definition) is 2. The van der Waals surface area contributed by atoms with Gasteiger partial charge in [0, 0.05) is 5.69 Å². The quantitative estimate of drug-likeness (QED) is 0.395. The van der Waals surface area contributed by atoms with Gasteiger partial charge >= 0.3 is 5.97 Å². The number of rotatable bonds is 9. The average Bonchev–Trinajstić information content (AvgIpc) is 2.65. The highest BCUT2D eigenvalue weighted by Crippen LogP contribution is 2.17. The highest BCUT2D eigenvalue weighted by atomic mass is 19.1. The second kappa shape index (κ2) is 10.0. The van der Waals surface area contributed by atoms with Gasteiger partial charge in [-0.1, -0.05) is 0 Å². The maximum Gasteiger partial charge on any atom is 0.340 e. The second-order valence-electron chi connectivity index (χ2n) is 5.41. The zero-order chi connectivity index (χ0) is 19.6. The Bertz CT molecular complexity index is 780. The Morgan fingerprint density at radius 3 is 2.37 bits per heavy atom. The van der Waals surface area contributed by atoms with E-state index >= 15 is 0 Å². The summed E-state index contributed by atoms with van der Waals surface area (Å²) in [6.07, 6.45) is 0. The largest absolute Gasteiger partial charge is 0.494 e. The first-order valence-electron chi connectivity index (χ1n) is 8.34. The number of nitrogens with two attached hydrogens (primary N) is 1. The molecule has 0 bridgehead atoms. The molecule has 0 unspecified atom stereocenters. The first-order valence-corrected chi connectivity index (χ1v) is 8.34. The Kier molecular flexibility index (Phi) is 7.42. The summed E-state index contributed by atoms with van der Waals surface area (Å²) in [6.45, 7) is 2.50. The zero-order valence-electron chi connectivity index (χ0n) is 14.9. The van der Waals surface area contributed by atoms with E-state index in [1.807, 2.05) is 6.92 Å². The number of anilines is 1. The Morgan fingerprint density at radius 1 is 1.07 bits per heavy atom. The number of ether oxygens (including phenoxy) is 3. The normalized spacial score (nSPS) is 10.1. The molecule has 0 aliphatic rings. The summed E-state index contributed by atoms with van der Waals surface area (Å²) < 4.78 is 28.6. The fraction of sp³-hybridized carbons (Fsp3) is 0.263. The van der Waals surface area contributed by atoms with E-state index in [1.54, 1.807) is 24.3 Å². The van der Waals surface area contributed by atoms with Crippen molar-refractivity contribution in [2.75, 3.05) is 32.1 Å². The lowest BCUT2D eigenvalue weighted by molar-refractivity contribution is -0.124. The summed E-state index contributed by atoms with van der Waals surface area (Å²) in [4.78, 5) is 23.5. The lowest BCUT2D eigenvalue weighted by atomic mass is 10.2. The molecule has 0 spiro atoms.